The Bertz CT molecular complexity index is 328. The minimum atomic E-state index is -1.27. The van der Waals surface area contributed by atoms with Crippen LogP contribution in [0.15, 0.2) is 23.8 Å². The second-order valence-electron chi connectivity index (χ2n) is 5.33. The smallest absolute Gasteiger partial charge is 0.101 e. The SMILES string of the molecule is COC(C)(C)/C=C/C1=C[C@H](O)[C@](C)(O)C[C@@H]1O. The van der Waals surface area contributed by atoms with Crippen molar-refractivity contribution in [2.45, 2.75) is 50.6 Å². The Hall–Kier alpha value is -0.680. The first-order valence-electron chi connectivity index (χ1n) is 5.72. The second kappa shape index (κ2) is 4.90. The maximum absolute atomic E-state index is 9.86. The van der Waals surface area contributed by atoms with Crippen LogP contribution >= 0.6 is 0 Å². The zero-order valence-corrected chi connectivity index (χ0v) is 10.8. The van der Waals surface area contributed by atoms with Crippen LogP contribution in [0, 0.1) is 0 Å². The molecule has 1 aliphatic rings. The van der Waals surface area contributed by atoms with Crippen LogP contribution in [0.25, 0.3) is 0 Å². The topological polar surface area (TPSA) is 69.9 Å². The van der Waals surface area contributed by atoms with Crippen LogP contribution in [-0.2, 0) is 4.74 Å². The van der Waals surface area contributed by atoms with E-state index in [-0.39, 0.29) is 6.42 Å². The van der Waals surface area contributed by atoms with Gasteiger partial charge in [-0.3, -0.25) is 0 Å². The van der Waals surface area contributed by atoms with Gasteiger partial charge in [-0.2, -0.15) is 0 Å². The first-order chi connectivity index (χ1) is 7.68. The highest BCUT2D eigenvalue weighted by atomic mass is 16.5. The fourth-order valence-corrected chi connectivity index (χ4v) is 1.63. The van der Waals surface area contributed by atoms with Gasteiger partial charge >= 0.3 is 0 Å². The Morgan fingerprint density at radius 2 is 2.06 bits per heavy atom. The van der Waals surface area contributed by atoms with Crippen molar-refractivity contribution in [3.05, 3.63) is 23.8 Å². The Morgan fingerprint density at radius 1 is 1.47 bits per heavy atom. The molecule has 0 unspecified atom stereocenters. The zero-order chi connectivity index (χ0) is 13.3. The maximum atomic E-state index is 9.86. The summed E-state index contributed by atoms with van der Waals surface area (Å²) in [6.07, 6.45) is 3.42. The van der Waals surface area contributed by atoms with Gasteiger partial charge in [0.05, 0.1) is 17.3 Å². The van der Waals surface area contributed by atoms with Gasteiger partial charge in [-0.05, 0) is 32.4 Å². The number of aliphatic hydroxyl groups excluding tert-OH is 2. The normalized spacial score (nSPS) is 35.1. The van der Waals surface area contributed by atoms with Gasteiger partial charge in [-0.25, -0.2) is 0 Å². The molecule has 0 radical (unpaired) electrons. The molecule has 1 rings (SSSR count). The summed E-state index contributed by atoms with van der Waals surface area (Å²) in [5.41, 5.74) is -1.09. The number of methoxy groups -OCH3 is 1. The fourth-order valence-electron chi connectivity index (χ4n) is 1.63. The largest absolute Gasteiger partial charge is 0.388 e. The molecule has 0 saturated heterocycles. The second-order valence-corrected chi connectivity index (χ2v) is 5.33. The van der Waals surface area contributed by atoms with E-state index in [9.17, 15) is 15.3 Å². The third kappa shape index (κ3) is 3.64. The quantitative estimate of drug-likeness (QED) is 0.683. The van der Waals surface area contributed by atoms with Crippen molar-refractivity contribution in [2.24, 2.45) is 0 Å². The Labute approximate surface area is 102 Å². The molecule has 17 heavy (non-hydrogen) atoms. The molecule has 4 nitrogen and oxygen atoms in total. The van der Waals surface area contributed by atoms with Crippen LogP contribution in [0.4, 0.5) is 0 Å². The van der Waals surface area contributed by atoms with Gasteiger partial charge in [0.1, 0.15) is 6.10 Å². The van der Waals surface area contributed by atoms with Crippen LogP contribution in [0.2, 0.25) is 0 Å². The van der Waals surface area contributed by atoms with Gasteiger partial charge in [-0.1, -0.05) is 12.2 Å². The highest BCUT2D eigenvalue weighted by Crippen LogP contribution is 2.29. The molecule has 0 fully saturated rings. The molecular formula is C13H22O4. The van der Waals surface area contributed by atoms with Gasteiger partial charge in [0.2, 0.25) is 0 Å². The number of rotatable bonds is 3. The molecule has 0 amide bonds. The molecule has 4 heteroatoms. The molecule has 0 spiro atoms. The van der Waals surface area contributed by atoms with Crippen molar-refractivity contribution in [3.63, 3.8) is 0 Å². The predicted octanol–water partition coefficient (Wildman–Crippen LogP) is 0.770. The lowest BCUT2D eigenvalue weighted by atomic mass is 9.82. The van der Waals surface area contributed by atoms with Crippen LogP contribution < -0.4 is 0 Å². The van der Waals surface area contributed by atoms with Gasteiger partial charge in [0.15, 0.2) is 0 Å². The minimum Gasteiger partial charge on any atom is -0.388 e. The van der Waals surface area contributed by atoms with E-state index in [1.54, 1.807) is 13.2 Å². The van der Waals surface area contributed by atoms with E-state index in [4.69, 9.17) is 4.74 Å². The van der Waals surface area contributed by atoms with Crippen molar-refractivity contribution in [2.75, 3.05) is 7.11 Å². The van der Waals surface area contributed by atoms with Crippen molar-refractivity contribution in [3.8, 4) is 0 Å². The van der Waals surface area contributed by atoms with E-state index in [1.807, 2.05) is 19.9 Å². The molecule has 0 aromatic heterocycles. The Balaban J connectivity index is 2.86. The highest BCUT2D eigenvalue weighted by Gasteiger charge is 2.36. The summed E-state index contributed by atoms with van der Waals surface area (Å²) in [6.45, 7) is 5.30. The van der Waals surface area contributed by atoms with Crippen LogP contribution in [0.3, 0.4) is 0 Å². The van der Waals surface area contributed by atoms with Gasteiger partial charge in [0.25, 0.3) is 0 Å². The molecule has 0 heterocycles. The standard InChI is InChI=1S/C13H22O4/c1-12(2,17-4)6-5-9-7-11(15)13(3,16)8-10(9)14/h5-7,10-11,14-16H,8H2,1-4H3/b6-5+/t10-,11-,13+/m0/s1. The molecule has 3 atom stereocenters. The van der Waals surface area contributed by atoms with E-state index in [0.29, 0.717) is 5.57 Å². The van der Waals surface area contributed by atoms with E-state index < -0.39 is 23.4 Å². The minimum absolute atomic E-state index is 0.123. The Kier molecular flexibility index (Phi) is 4.15. The summed E-state index contributed by atoms with van der Waals surface area (Å²) < 4.78 is 5.22. The molecule has 0 aromatic rings. The van der Waals surface area contributed by atoms with E-state index in [2.05, 4.69) is 0 Å². The van der Waals surface area contributed by atoms with E-state index in [0.717, 1.165) is 0 Å². The van der Waals surface area contributed by atoms with Gasteiger partial charge in [-0.15, -0.1) is 0 Å². The highest BCUT2D eigenvalue weighted by molar-refractivity contribution is 5.30. The monoisotopic (exact) mass is 242 g/mol. The molecule has 1 aliphatic carbocycles. The molecule has 0 saturated carbocycles. The van der Waals surface area contributed by atoms with Gasteiger partial charge < -0.3 is 20.1 Å². The number of hydrogen-bond acceptors (Lipinski definition) is 4. The summed E-state index contributed by atoms with van der Waals surface area (Å²) >= 11 is 0. The summed E-state index contributed by atoms with van der Waals surface area (Å²) in [5.74, 6) is 0. The summed E-state index contributed by atoms with van der Waals surface area (Å²) in [4.78, 5) is 0. The molecule has 98 valence electrons. The molecule has 3 N–H and O–H groups in total. The third-order valence-electron chi connectivity index (χ3n) is 3.18. The molecule has 0 bridgehead atoms. The number of aliphatic hydroxyl groups is 3. The van der Waals surface area contributed by atoms with Crippen molar-refractivity contribution in [1.82, 2.24) is 0 Å². The van der Waals surface area contributed by atoms with Crippen LogP contribution in [0.5, 0.6) is 0 Å². The lowest BCUT2D eigenvalue weighted by Gasteiger charge is -2.34. The van der Waals surface area contributed by atoms with Crippen LogP contribution in [0.1, 0.15) is 27.2 Å². The van der Waals surface area contributed by atoms with Crippen molar-refractivity contribution in [1.29, 1.82) is 0 Å². The van der Waals surface area contributed by atoms with Crippen LogP contribution in [-0.4, -0.2) is 45.8 Å². The summed E-state index contributed by atoms with van der Waals surface area (Å²) in [5, 5.41) is 29.4. The third-order valence-corrected chi connectivity index (χ3v) is 3.18. The predicted molar refractivity (Wildman–Crippen MR) is 65.6 cm³/mol. The first-order valence-corrected chi connectivity index (χ1v) is 5.72. The zero-order valence-electron chi connectivity index (χ0n) is 10.8. The van der Waals surface area contributed by atoms with Crippen molar-refractivity contribution < 1.29 is 20.1 Å². The molecule has 0 aliphatic heterocycles. The molecule has 0 aromatic carbocycles. The number of ether oxygens (including phenoxy) is 1. The van der Waals surface area contributed by atoms with E-state index in [1.165, 1.54) is 13.0 Å². The summed E-state index contributed by atoms with van der Waals surface area (Å²) in [6, 6.07) is 0. The summed E-state index contributed by atoms with van der Waals surface area (Å²) in [7, 11) is 1.61. The Morgan fingerprint density at radius 3 is 2.59 bits per heavy atom. The molecular weight excluding hydrogens is 220 g/mol. The fraction of sp³-hybridized carbons (Fsp3) is 0.692. The first kappa shape index (κ1) is 14.4. The maximum Gasteiger partial charge on any atom is 0.101 e. The lowest BCUT2D eigenvalue weighted by molar-refractivity contribution is -0.0706. The van der Waals surface area contributed by atoms with Gasteiger partial charge in [0, 0.05) is 13.5 Å². The number of hydrogen-bond donors (Lipinski definition) is 3. The lowest BCUT2D eigenvalue weighted by Crippen LogP contribution is -2.45. The van der Waals surface area contributed by atoms with E-state index >= 15 is 0 Å². The average molecular weight is 242 g/mol. The average Bonchev–Trinajstić information content (AvgIpc) is 2.21. The van der Waals surface area contributed by atoms with Crippen molar-refractivity contribution >= 4 is 0 Å².